The molecule has 110 valence electrons. The van der Waals surface area contributed by atoms with Gasteiger partial charge in [0, 0.05) is 19.6 Å². The third-order valence-corrected chi connectivity index (χ3v) is 5.06. The molecule has 0 fully saturated rings. The van der Waals surface area contributed by atoms with E-state index >= 15 is 0 Å². The van der Waals surface area contributed by atoms with Crippen molar-refractivity contribution in [2.24, 2.45) is 0 Å². The van der Waals surface area contributed by atoms with Crippen LogP contribution < -0.4 is 4.72 Å². The lowest BCUT2D eigenvalue weighted by Gasteiger charge is -2.20. The van der Waals surface area contributed by atoms with Crippen LogP contribution in [0.25, 0.3) is 0 Å². The first-order valence-electron chi connectivity index (χ1n) is 6.43. The average Bonchev–Trinajstić information content (AvgIpc) is 2.79. The van der Waals surface area contributed by atoms with E-state index in [-0.39, 0.29) is 19.0 Å². The fourth-order valence-electron chi connectivity index (χ4n) is 2.32. The van der Waals surface area contributed by atoms with Crippen molar-refractivity contribution < 1.29 is 18.3 Å². The van der Waals surface area contributed by atoms with E-state index in [2.05, 4.69) is 4.72 Å². The molecule has 0 amide bonds. The average molecular weight is 298 g/mol. The third-order valence-electron chi connectivity index (χ3n) is 3.47. The molecule has 0 spiro atoms. The zero-order valence-electron chi connectivity index (χ0n) is 11.2. The minimum absolute atomic E-state index is 0.0426. The Morgan fingerprint density at radius 2 is 2.15 bits per heavy atom. The molecule has 0 heterocycles. The molecule has 0 saturated carbocycles. The molecule has 0 aromatic heterocycles. The van der Waals surface area contributed by atoms with Crippen LogP contribution in [0.15, 0.2) is 24.3 Å². The molecule has 1 atom stereocenters. The van der Waals surface area contributed by atoms with Crippen molar-refractivity contribution in [2.45, 2.75) is 25.3 Å². The summed E-state index contributed by atoms with van der Waals surface area (Å²) in [5.74, 6) is -1.02. The van der Waals surface area contributed by atoms with Crippen molar-refractivity contribution in [2.75, 3.05) is 13.6 Å². The van der Waals surface area contributed by atoms with Gasteiger partial charge in [-0.25, -0.2) is 0 Å². The van der Waals surface area contributed by atoms with Gasteiger partial charge in [0.25, 0.3) is 10.2 Å². The van der Waals surface area contributed by atoms with Crippen molar-refractivity contribution in [3.8, 4) is 0 Å². The van der Waals surface area contributed by atoms with Crippen LogP contribution in [0.3, 0.4) is 0 Å². The van der Waals surface area contributed by atoms with Crippen molar-refractivity contribution >= 4 is 16.2 Å². The highest BCUT2D eigenvalue weighted by atomic mass is 32.2. The quantitative estimate of drug-likeness (QED) is 0.817. The fourth-order valence-corrected chi connectivity index (χ4v) is 3.44. The van der Waals surface area contributed by atoms with Crippen molar-refractivity contribution in [1.82, 2.24) is 9.03 Å². The minimum Gasteiger partial charge on any atom is -0.481 e. The highest BCUT2D eigenvalue weighted by molar-refractivity contribution is 7.87. The Bertz CT molecular complexity index is 600. The zero-order valence-corrected chi connectivity index (χ0v) is 12.1. The number of aliphatic carboxylic acids is 1. The Morgan fingerprint density at radius 1 is 1.45 bits per heavy atom. The molecular formula is C13H18N2O4S. The maximum Gasteiger partial charge on any atom is 0.304 e. The maximum absolute atomic E-state index is 12.1. The molecule has 0 saturated heterocycles. The van der Waals surface area contributed by atoms with Gasteiger partial charge in [0.1, 0.15) is 0 Å². The van der Waals surface area contributed by atoms with Gasteiger partial charge in [0.15, 0.2) is 0 Å². The van der Waals surface area contributed by atoms with E-state index in [4.69, 9.17) is 5.11 Å². The summed E-state index contributed by atoms with van der Waals surface area (Å²) in [4.78, 5) is 10.5. The molecule has 1 aliphatic carbocycles. The van der Waals surface area contributed by atoms with E-state index in [0.717, 1.165) is 28.3 Å². The van der Waals surface area contributed by atoms with Gasteiger partial charge in [-0.05, 0) is 24.0 Å². The largest absolute Gasteiger partial charge is 0.481 e. The number of nitrogens with zero attached hydrogens (tertiary/aromatic N) is 1. The summed E-state index contributed by atoms with van der Waals surface area (Å²) in [6.45, 7) is -0.0426. The number of carboxylic acid groups (broad SMARTS) is 1. The molecule has 1 unspecified atom stereocenters. The molecular weight excluding hydrogens is 280 g/mol. The van der Waals surface area contributed by atoms with Crippen LogP contribution in [0.5, 0.6) is 0 Å². The Hall–Kier alpha value is -1.44. The summed E-state index contributed by atoms with van der Waals surface area (Å²) >= 11 is 0. The number of benzene rings is 1. The predicted octanol–water partition coefficient (Wildman–Crippen LogP) is 0.915. The summed E-state index contributed by atoms with van der Waals surface area (Å²) in [7, 11) is -2.28. The van der Waals surface area contributed by atoms with Crippen molar-refractivity contribution in [1.29, 1.82) is 0 Å². The Labute approximate surface area is 118 Å². The molecule has 6 nitrogen and oxygen atoms in total. The second kappa shape index (κ2) is 5.90. The van der Waals surface area contributed by atoms with Gasteiger partial charge in [0.05, 0.1) is 6.42 Å². The monoisotopic (exact) mass is 298 g/mol. The lowest BCUT2D eigenvalue weighted by Crippen LogP contribution is -2.40. The van der Waals surface area contributed by atoms with Gasteiger partial charge in [-0.2, -0.15) is 17.4 Å². The number of nitrogens with one attached hydrogen (secondary N) is 1. The van der Waals surface area contributed by atoms with Crippen LogP contribution in [0.1, 0.15) is 30.0 Å². The van der Waals surface area contributed by atoms with E-state index < -0.39 is 16.2 Å². The van der Waals surface area contributed by atoms with E-state index in [1.807, 2.05) is 24.3 Å². The predicted molar refractivity (Wildman–Crippen MR) is 74.4 cm³/mol. The zero-order chi connectivity index (χ0) is 14.8. The van der Waals surface area contributed by atoms with Crippen molar-refractivity contribution in [3.05, 3.63) is 35.4 Å². The molecule has 1 aromatic carbocycles. The lowest BCUT2D eigenvalue weighted by atomic mass is 10.1. The molecule has 0 aliphatic heterocycles. The van der Waals surface area contributed by atoms with Gasteiger partial charge in [-0.15, -0.1) is 0 Å². The second-order valence-electron chi connectivity index (χ2n) is 4.88. The van der Waals surface area contributed by atoms with E-state index in [9.17, 15) is 13.2 Å². The smallest absolute Gasteiger partial charge is 0.304 e. The van der Waals surface area contributed by atoms with E-state index in [0.29, 0.717) is 0 Å². The molecule has 2 N–H and O–H groups in total. The highest BCUT2D eigenvalue weighted by Gasteiger charge is 2.28. The Balaban J connectivity index is 2.04. The normalized spacial score (nSPS) is 18.2. The first-order chi connectivity index (χ1) is 9.40. The number of hydrogen-bond donors (Lipinski definition) is 2. The third kappa shape index (κ3) is 3.36. The van der Waals surface area contributed by atoms with Crippen molar-refractivity contribution in [3.63, 3.8) is 0 Å². The Kier molecular flexibility index (Phi) is 4.42. The molecule has 20 heavy (non-hydrogen) atoms. The maximum atomic E-state index is 12.1. The van der Waals surface area contributed by atoms with Crippen LogP contribution in [-0.4, -0.2) is 37.4 Å². The Morgan fingerprint density at radius 3 is 2.85 bits per heavy atom. The van der Waals surface area contributed by atoms with Gasteiger partial charge in [-0.1, -0.05) is 24.3 Å². The molecule has 1 aliphatic rings. The molecule has 1 aromatic rings. The summed E-state index contributed by atoms with van der Waals surface area (Å²) in [6, 6.07) is 7.52. The summed E-state index contributed by atoms with van der Waals surface area (Å²) in [5.41, 5.74) is 2.16. The number of rotatable bonds is 6. The van der Waals surface area contributed by atoms with Crippen LogP contribution in [0.2, 0.25) is 0 Å². The van der Waals surface area contributed by atoms with Gasteiger partial charge in [-0.3, -0.25) is 4.79 Å². The molecule has 7 heteroatoms. The molecule has 0 bridgehead atoms. The number of carboxylic acids is 1. The van der Waals surface area contributed by atoms with Crippen LogP contribution >= 0.6 is 0 Å². The number of fused-ring (bicyclic) bond motifs is 1. The van der Waals surface area contributed by atoms with Crippen LogP contribution in [0.4, 0.5) is 0 Å². The van der Waals surface area contributed by atoms with E-state index in [1.54, 1.807) is 0 Å². The summed E-state index contributed by atoms with van der Waals surface area (Å²) in [6.07, 6.45) is 1.37. The van der Waals surface area contributed by atoms with Crippen LogP contribution in [0, 0.1) is 0 Å². The highest BCUT2D eigenvalue weighted by Crippen LogP contribution is 2.31. The minimum atomic E-state index is -3.66. The fraction of sp³-hybridized carbons (Fsp3) is 0.462. The first-order valence-corrected chi connectivity index (χ1v) is 7.87. The molecule has 0 radical (unpaired) electrons. The lowest BCUT2D eigenvalue weighted by molar-refractivity contribution is -0.137. The van der Waals surface area contributed by atoms with Gasteiger partial charge >= 0.3 is 5.97 Å². The van der Waals surface area contributed by atoms with Gasteiger partial charge < -0.3 is 5.11 Å². The molecule has 2 rings (SSSR count). The second-order valence-corrected chi connectivity index (χ2v) is 6.69. The SMILES string of the molecule is CN(CCC(=O)O)S(=O)(=O)NC1CCc2ccccc21. The first kappa shape index (κ1) is 15.0. The van der Waals surface area contributed by atoms with Crippen LogP contribution in [-0.2, 0) is 21.4 Å². The van der Waals surface area contributed by atoms with Gasteiger partial charge in [0.2, 0.25) is 0 Å². The number of aryl methyl sites for hydroxylation is 1. The summed E-state index contributed by atoms with van der Waals surface area (Å²) in [5, 5.41) is 8.60. The number of hydrogen-bond acceptors (Lipinski definition) is 3. The van der Waals surface area contributed by atoms with E-state index in [1.165, 1.54) is 7.05 Å². The topological polar surface area (TPSA) is 86.7 Å². The summed E-state index contributed by atoms with van der Waals surface area (Å²) < 4.78 is 27.9. The standard InChI is InChI=1S/C13H18N2O4S/c1-15(9-8-13(16)17)20(18,19)14-12-7-6-10-4-2-3-5-11(10)12/h2-5,12,14H,6-9H2,1H3,(H,16,17). The number of carbonyl (C=O) groups is 1.